The first-order chi connectivity index (χ1) is 6.75. The number of nitrogens with two attached hydrogens (primary N) is 1. The van der Waals surface area contributed by atoms with Crippen LogP contribution in [0.25, 0.3) is 0 Å². The van der Waals surface area contributed by atoms with E-state index in [2.05, 4.69) is 6.07 Å². The highest BCUT2D eigenvalue weighted by Crippen LogP contribution is 2.33. The Morgan fingerprint density at radius 1 is 1.36 bits per heavy atom. The Bertz CT molecular complexity index is 307. The number of hydrogen-bond acceptors (Lipinski definition) is 1. The van der Waals surface area contributed by atoms with Crippen LogP contribution in [-0.4, -0.2) is 6.04 Å². The van der Waals surface area contributed by atoms with Gasteiger partial charge in [-0.15, -0.1) is 0 Å². The molecular weight excluding hydrogens is 194 g/mol. The minimum Gasteiger partial charge on any atom is -0.327 e. The highest BCUT2D eigenvalue weighted by molar-refractivity contribution is 6.31. The Hall–Kier alpha value is -0.530. The van der Waals surface area contributed by atoms with Crippen LogP contribution in [0.15, 0.2) is 24.3 Å². The van der Waals surface area contributed by atoms with Crippen molar-refractivity contribution in [2.24, 2.45) is 11.7 Å². The summed E-state index contributed by atoms with van der Waals surface area (Å²) in [4.78, 5) is 0. The van der Waals surface area contributed by atoms with E-state index in [9.17, 15) is 0 Å². The van der Waals surface area contributed by atoms with Crippen LogP contribution in [0.2, 0.25) is 5.02 Å². The van der Waals surface area contributed by atoms with Gasteiger partial charge in [0.2, 0.25) is 0 Å². The van der Waals surface area contributed by atoms with Crippen molar-refractivity contribution in [3.05, 3.63) is 34.9 Å². The maximum atomic E-state index is 6.06. The molecule has 2 heteroatoms. The fourth-order valence-electron chi connectivity index (χ4n) is 1.81. The lowest BCUT2D eigenvalue weighted by atomic mass is 10.0. The van der Waals surface area contributed by atoms with Crippen LogP contribution in [0.4, 0.5) is 0 Å². The standard InChI is InChI=1S/C12H16ClN/c13-12-4-2-1-3-10(12)8-11(14)7-9-5-6-9/h1-4,9,11H,5-8,14H2. The molecule has 1 aromatic rings. The minimum absolute atomic E-state index is 0.280. The molecule has 76 valence electrons. The zero-order valence-electron chi connectivity index (χ0n) is 8.25. The average Bonchev–Trinajstić information content (AvgIpc) is 2.93. The van der Waals surface area contributed by atoms with Gasteiger partial charge in [0.1, 0.15) is 0 Å². The zero-order chi connectivity index (χ0) is 9.97. The minimum atomic E-state index is 0.280. The third kappa shape index (κ3) is 2.73. The molecule has 1 saturated carbocycles. The van der Waals surface area contributed by atoms with Crippen molar-refractivity contribution in [3.63, 3.8) is 0 Å². The molecule has 1 nitrogen and oxygen atoms in total. The fraction of sp³-hybridized carbons (Fsp3) is 0.500. The molecule has 0 saturated heterocycles. The molecule has 2 N–H and O–H groups in total. The first-order valence-corrected chi connectivity index (χ1v) is 5.62. The average molecular weight is 210 g/mol. The Morgan fingerprint density at radius 3 is 2.71 bits per heavy atom. The van der Waals surface area contributed by atoms with E-state index >= 15 is 0 Å². The van der Waals surface area contributed by atoms with Gasteiger partial charge in [-0.25, -0.2) is 0 Å². The summed E-state index contributed by atoms with van der Waals surface area (Å²) < 4.78 is 0. The van der Waals surface area contributed by atoms with Crippen molar-refractivity contribution < 1.29 is 0 Å². The summed E-state index contributed by atoms with van der Waals surface area (Å²) in [6, 6.07) is 8.25. The van der Waals surface area contributed by atoms with E-state index in [1.54, 1.807) is 0 Å². The summed E-state index contributed by atoms with van der Waals surface area (Å²) in [6.45, 7) is 0. The van der Waals surface area contributed by atoms with Gasteiger partial charge in [0.25, 0.3) is 0 Å². The molecule has 0 aromatic heterocycles. The molecule has 1 aromatic carbocycles. The van der Waals surface area contributed by atoms with Crippen LogP contribution in [0, 0.1) is 5.92 Å². The van der Waals surface area contributed by atoms with Gasteiger partial charge in [0, 0.05) is 11.1 Å². The van der Waals surface area contributed by atoms with Crippen molar-refractivity contribution in [3.8, 4) is 0 Å². The monoisotopic (exact) mass is 209 g/mol. The molecule has 1 atom stereocenters. The van der Waals surface area contributed by atoms with E-state index in [4.69, 9.17) is 17.3 Å². The predicted octanol–water partition coefficient (Wildman–Crippen LogP) is 3.01. The second-order valence-electron chi connectivity index (χ2n) is 4.23. The normalized spacial score (nSPS) is 18.1. The molecule has 2 rings (SSSR count). The summed E-state index contributed by atoms with van der Waals surface area (Å²) in [5.41, 5.74) is 7.24. The second-order valence-corrected chi connectivity index (χ2v) is 4.64. The molecule has 0 heterocycles. The summed E-state index contributed by atoms with van der Waals surface area (Å²) in [5.74, 6) is 0.896. The third-order valence-electron chi connectivity index (χ3n) is 2.77. The first kappa shape index (κ1) is 10.0. The van der Waals surface area contributed by atoms with Gasteiger partial charge < -0.3 is 5.73 Å². The topological polar surface area (TPSA) is 26.0 Å². The maximum absolute atomic E-state index is 6.06. The SMILES string of the molecule is NC(Cc1ccccc1Cl)CC1CC1. The molecule has 0 radical (unpaired) electrons. The van der Waals surface area contributed by atoms with Crippen LogP contribution in [0.3, 0.4) is 0 Å². The first-order valence-electron chi connectivity index (χ1n) is 5.24. The van der Waals surface area contributed by atoms with Crippen LogP contribution < -0.4 is 5.73 Å². The van der Waals surface area contributed by atoms with Crippen molar-refractivity contribution in [1.29, 1.82) is 0 Å². The molecule has 14 heavy (non-hydrogen) atoms. The highest BCUT2D eigenvalue weighted by atomic mass is 35.5. The Morgan fingerprint density at radius 2 is 2.07 bits per heavy atom. The number of halogens is 1. The van der Waals surface area contributed by atoms with Crippen LogP contribution in [0.1, 0.15) is 24.8 Å². The Balaban J connectivity index is 1.91. The van der Waals surface area contributed by atoms with Crippen molar-refractivity contribution in [1.82, 2.24) is 0 Å². The summed E-state index contributed by atoms with van der Waals surface area (Å²) in [6.07, 6.45) is 4.81. The Kier molecular flexibility index (Phi) is 3.09. The van der Waals surface area contributed by atoms with E-state index in [-0.39, 0.29) is 6.04 Å². The number of hydrogen-bond donors (Lipinski definition) is 1. The summed E-state index contributed by atoms with van der Waals surface area (Å²) >= 11 is 6.06. The lowest BCUT2D eigenvalue weighted by Crippen LogP contribution is -2.23. The molecule has 0 bridgehead atoms. The van der Waals surface area contributed by atoms with E-state index in [1.807, 2.05) is 18.2 Å². The smallest absolute Gasteiger partial charge is 0.0438 e. The highest BCUT2D eigenvalue weighted by Gasteiger charge is 2.23. The van der Waals surface area contributed by atoms with Gasteiger partial charge in [-0.2, -0.15) is 0 Å². The van der Waals surface area contributed by atoms with Crippen molar-refractivity contribution >= 4 is 11.6 Å². The van der Waals surface area contributed by atoms with Gasteiger partial charge in [0.05, 0.1) is 0 Å². The third-order valence-corrected chi connectivity index (χ3v) is 3.14. The van der Waals surface area contributed by atoms with Gasteiger partial charge in [-0.1, -0.05) is 42.6 Å². The second kappa shape index (κ2) is 4.33. The summed E-state index contributed by atoms with van der Waals surface area (Å²) in [7, 11) is 0. The number of benzene rings is 1. The molecule has 1 aliphatic carbocycles. The van der Waals surface area contributed by atoms with E-state index in [0.717, 1.165) is 23.8 Å². The lowest BCUT2D eigenvalue weighted by molar-refractivity contribution is 0.567. The predicted molar refractivity (Wildman–Crippen MR) is 60.5 cm³/mol. The van der Waals surface area contributed by atoms with Crippen molar-refractivity contribution in [2.75, 3.05) is 0 Å². The Labute approximate surface area is 90.3 Å². The van der Waals surface area contributed by atoms with E-state index in [1.165, 1.54) is 18.4 Å². The van der Waals surface area contributed by atoms with Crippen molar-refractivity contribution in [2.45, 2.75) is 31.7 Å². The lowest BCUT2D eigenvalue weighted by Gasteiger charge is -2.11. The molecule has 0 spiro atoms. The van der Waals surface area contributed by atoms with Gasteiger partial charge in [-0.05, 0) is 30.4 Å². The van der Waals surface area contributed by atoms with Crippen LogP contribution in [-0.2, 0) is 6.42 Å². The van der Waals surface area contributed by atoms with Gasteiger partial charge >= 0.3 is 0 Å². The fourth-order valence-corrected chi connectivity index (χ4v) is 2.02. The van der Waals surface area contributed by atoms with Gasteiger partial charge in [-0.3, -0.25) is 0 Å². The molecule has 0 amide bonds. The molecule has 0 aliphatic heterocycles. The quantitative estimate of drug-likeness (QED) is 0.811. The zero-order valence-corrected chi connectivity index (χ0v) is 9.00. The van der Waals surface area contributed by atoms with Crippen LogP contribution >= 0.6 is 11.6 Å². The number of rotatable bonds is 4. The van der Waals surface area contributed by atoms with E-state index < -0.39 is 0 Å². The summed E-state index contributed by atoms with van der Waals surface area (Å²) in [5, 5.41) is 0.846. The maximum Gasteiger partial charge on any atom is 0.0438 e. The molecule has 1 unspecified atom stereocenters. The molecule has 1 fully saturated rings. The molecular formula is C12H16ClN. The largest absolute Gasteiger partial charge is 0.327 e. The van der Waals surface area contributed by atoms with E-state index in [0.29, 0.717) is 0 Å². The van der Waals surface area contributed by atoms with Crippen LogP contribution in [0.5, 0.6) is 0 Å². The van der Waals surface area contributed by atoms with Gasteiger partial charge in [0.15, 0.2) is 0 Å². The molecule has 1 aliphatic rings.